The second-order valence-corrected chi connectivity index (χ2v) is 9.16. The van der Waals surface area contributed by atoms with Crippen LogP contribution in [0, 0.1) is 0 Å². The summed E-state index contributed by atoms with van der Waals surface area (Å²) in [4.78, 5) is 22.1. The molecule has 162 valence electrons. The number of hydroxylamine groups is 1. The molecule has 0 aliphatic carbocycles. The summed E-state index contributed by atoms with van der Waals surface area (Å²) in [5.74, 6) is -0.333. The molecule has 2 aromatic carbocycles. The van der Waals surface area contributed by atoms with Crippen LogP contribution < -0.4 is 10.2 Å². The van der Waals surface area contributed by atoms with Crippen molar-refractivity contribution in [3.63, 3.8) is 0 Å². The predicted molar refractivity (Wildman–Crippen MR) is 116 cm³/mol. The number of benzene rings is 2. The molecule has 0 aromatic heterocycles. The minimum Gasteiger partial charge on any atom is -0.369 e. The molecule has 1 fully saturated rings. The van der Waals surface area contributed by atoms with Crippen LogP contribution in [0.1, 0.15) is 15.9 Å². The topological polar surface area (TPSA) is 82.2 Å². The van der Waals surface area contributed by atoms with Crippen molar-refractivity contribution in [2.45, 2.75) is 11.4 Å². The number of nitrogens with zero attached hydrogens (tertiary/aromatic N) is 3. The van der Waals surface area contributed by atoms with E-state index in [1.54, 1.807) is 12.1 Å². The fourth-order valence-corrected chi connectivity index (χ4v) is 4.36. The average molecular weight is 433 g/mol. The summed E-state index contributed by atoms with van der Waals surface area (Å²) in [6, 6.07) is 13.9. The van der Waals surface area contributed by atoms with E-state index in [1.165, 1.54) is 26.3 Å². The fraction of sp³-hybridized carbons (Fsp3) is 0.381. The van der Waals surface area contributed by atoms with Crippen molar-refractivity contribution >= 4 is 21.6 Å². The molecular formula is C21H28N4O4S. The van der Waals surface area contributed by atoms with Gasteiger partial charge >= 0.3 is 0 Å². The highest BCUT2D eigenvalue weighted by molar-refractivity contribution is 7.89. The van der Waals surface area contributed by atoms with E-state index in [0.29, 0.717) is 6.54 Å². The molecule has 0 radical (unpaired) electrons. The standard InChI is InChI=1S/C21H28N4O4S/c1-23-11-13-25(14-12-23)20-10-5-4-7-18(20)16-22-21(26)17-8-6-9-19(15-17)30(27,28)24(2)29-3/h4-10,15H,11-14,16H2,1-3H3,(H,22,26). The summed E-state index contributed by atoms with van der Waals surface area (Å²) in [6.07, 6.45) is 0. The number of sulfonamides is 1. The lowest BCUT2D eigenvalue weighted by Crippen LogP contribution is -2.45. The number of hydrogen-bond acceptors (Lipinski definition) is 6. The highest BCUT2D eigenvalue weighted by Gasteiger charge is 2.22. The summed E-state index contributed by atoms with van der Waals surface area (Å²) in [7, 11) is 0.869. The number of nitrogens with one attached hydrogen (secondary N) is 1. The number of para-hydroxylation sites is 1. The van der Waals surface area contributed by atoms with Crippen LogP contribution in [0.5, 0.6) is 0 Å². The van der Waals surface area contributed by atoms with Crippen molar-refractivity contribution in [2.24, 2.45) is 0 Å². The molecule has 1 aliphatic heterocycles. The Labute approximate surface area is 178 Å². The first-order chi connectivity index (χ1) is 14.3. The first-order valence-corrected chi connectivity index (χ1v) is 11.2. The smallest absolute Gasteiger partial charge is 0.264 e. The number of likely N-dealkylation sites (N-methyl/N-ethyl adjacent to an activating group) is 1. The Balaban J connectivity index is 1.72. The van der Waals surface area contributed by atoms with Gasteiger partial charge in [0.1, 0.15) is 0 Å². The molecule has 8 nitrogen and oxygen atoms in total. The van der Waals surface area contributed by atoms with Crippen molar-refractivity contribution in [3.05, 3.63) is 59.7 Å². The maximum Gasteiger partial charge on any atom is 0.264 e. The zero-order chi connectivity index (χ0) is 21.7. The van der Waals surface area contributed by atoms with Gasteiger partial charge in [-0.15, -0.1) is 0 Å². The minimum absolute atomic E-state index is 0.00247. The van der Waals surface area contributed by atoms with Crippen LogP contribution in [0.4, 0.5) is 5.69 Å². The minimum atomic E-state index is -3.82. The van der Waals surface area contributed by atoms with Crippen LogP contribution >= 0.6 is 0 Å². The summed E-state index contributed by atoms with van der Waals surface area (Å²) in [5.41, 5.74) is 2.42. The summed E-state index contributed by atoms with van der Waals surface area (Å²) < 4.78 is 25.6. The van der Waals surface area contributed by atoms with E-state index in [4.69, 9.17) is 4.84 Å². The van der Waals surface area contributed by atoms with Gasteiger partial charge in [-0.25, -0.2) is 8.42 Å². The maximum atomic E-state index is 12.7. The third kappa shape index (κ3) is 4.99. The lowest BCUT2D eigenvalue weighted by molar-refractivity contribution is -0.0258. The highest BCUT2D eigenvalue weighted by atomic mass is 32.2. The van der Waals surface area contributed by atoms with Gasteiger partial charge in [0.05, 0.1) is 12.0 Å². The summed E-state index contributed by atoms with van der Waals surface area (Å²) in [5, 5.41) is 2.91. The van der Waals surface area contributed by atoms with Crippen LogP contribution in [0.15, 0.2) is 53.4 Å². The van der Waals surface area contributed by atoms with Gasteiger partial charge in [0.25, 0.3) is 15.9 Å². The molecule has 0 spiro atoms. The maximum absolute atomic E-state index is 12.7. The van der Waals surface area contributed by atoms with Crippen LogP contribution in [0.25, 0.3) is 0 Å². The van der Waals surface area contributed by atoms with Crippen molar-refractivity contribution < 1.29 is 18.0 Å². The van der Waals surface area contributed by atoms with Gasteiger partial charge < -0.3 is 15.1 Å². The second kappa shape index (κ2) is 9.57. The van der Waals surface area contributed by atoms with Gasteiger partial charge in [-0.1, -0.05) is 28.7 Å². The molecule has 30 heavy (non-hydrogen) atoms. The van der Waals surface area contributed by atoms with Crippen molar-refractivity contribution in [1.82, 2.24) is 14.7 Å². The van der Waals surface area contributed by atoms with E-state index in [2.05, 4.69) is 28.2 Å². The monoisotopic (exact) mass is 432 g/mol. The molecule has 1 N–H and O–H groups in total. The quantitative estimate of drug-likeness (QED) is 0.669. The van der Waals surface area contributed by atoms with E-state index < -0.39 is 10.0 Å². The first-order valence-electron chi connectivity index (χ1n) is 9.75. The summed E-state index contributed by atoms with van der Waals surface area (Å²) in [6.45, 7) is 4.23. The zero-order valence-electron chi connectivity index (χ0n) is 17.5. The van der Waals surface area contributed by atoms with Gasteiger partial charge in [-0.05, 0) is 36.9 Å². The molecule has 1 heterocycles. The Kier molecular flexibility index (Phi) is 7.09. The van der Waals surface area contributed by atoms with E-state index in [0.717, 1.165) is 41.9 Å². The number of hydrogen-bond donors (Lipinski definition) is 1. The number of anilines is 1. The third-order valence-corrected chi connectivity index (χ3v) is 6.94. The molecular weight excluding hydrogens is 404 g/mol. The Bertz CT molecular complexity index is 988. The number of carbonyl (C=O) groups excluding carboxylic acids is 1. The Morgan fingerprint density at radius 2 is 1.80 bits per heavy atom. The van der Waals surface area contributed by atoms with Crippen molar-refractivity contribution in [3.8, 4) is 0 Å². The molecule has 1 amide bonds. The molecule has 1 saturated heterocycles. The average Bonchev–Trinajstić information content (AvgIpc) is 2.77. The highest BCUT2D eigenvalue weighted by Crippen LogP contribution is 2.22. The SMILES string of the molecule is CON(C)S(=O)(=O)c1cccc(C(=O)NCc2ccccc2N2CCN(C)CC2)c1. The number of carbonyl (C=O) groups is 1. The van der Waals surface area contributed by atoms with Crippen molar-refractivity contribution in [1.29, 1.82) is 0 Å². The molecule has 2 aromatic rings. The molecule has 0 saturated carbocycles. The molecule has 3 rings (SSSR count). The predicted octanol–water partition coefficient (Wildman–Crippen LogP) is 1.55. The van der Waals surface area contributed by atoms with Gasteiger partial charge in [-0.2, -0.15) is 0 Å². The largest absolute Gasteiger partial charge is 0.369 e. The van der Waals surface area contributed by atoms with Crippen LogP contribution in [0.2, 0.25) is 0 Å². The van der Waals surface area contributed by atoms with Gasteiger partial charge in [0.2, 0.25) is 0 Å². The number of amides is 1. The lowest BCUT2D eigenvalue weighted by Gasteiger charge is -2.35. The van der Waals surface area contributed by atoms with Gasteiger partial charge in [0.15, 0.2) is 0 Å². The first kappa shape index (κ1) is 22.2. The fourth-order valence-electron chi connectivity index (χ4n) is 3.34. The summed E-state index contributed by atoms with van der Waals surface area (Å²) >= 11 is 0. The number of rotatable bonds is 7. The zero-order valence-corrected chi connectivity index (χ0v) is 18.4. The Hall–Kier alpha value is -2.46. The van der Waals surface area contributed by atoms with E-state index in [1.807, 2.05) is 18.2 Å². The molecule has 9 heteroatoms. The van der Waals surface area contributed by atoms with Crippen LogP contribution in [-0.2, 0) is 21.4 Å². The molecule has 0 bridgehead atoms. The van der Waals surface area contributed by atoms with Crippen LogP contribution in [0.3, 0.4) is 0 Å². The normalized spacial score (nSPS) is 15.4. The van der Waals surface area contributed by atoms with E-state index in [-0.39, 0.29) is 16.4 Å². The second-order valence-electron chi connectivity index (χ2n) is 7.23. The van der Waals surface area contributed by atoms with E-state index in [9.17, 15) is 13.2 Å². The van der Waals surface area contributed by atoms with Gasteiger partial charge in [0, 0.05) is 51.0 Å². The Morgan fingerprint density at radius 3 is 2.50 bits per heavy atom. The number of piperazine rings is 1. The molecule has 0 atom stereocenters. The Morgan fingerprint density at radius 1 is 1.10 bits per heavy atom. The van der Waals surface area contributed by atoms with Gasteiger partial charge in [-0.3, -0.25) is 9.63 Å². The van der Waals surface area contributed by atoms with Crippen molar-refractivity contribution in [2.75, 3.05) is 52.3 Å². The van der Waals surface area contributed by atoms with E-state index >= 15 is 0 Å². The van der Waals surface area contributed by atoms with Crippen LogP contribution in [-0.4, -0.2) is 71.1 Å². The third-order valence-electron chi connectivity index (χ3n) is 5.26. The molecule has 1 aliphatic rings. The lowest BCUT2D eigenvalue weighted by atomic mass is 10.1. The molecule has 0 unspecified atom stereocenters.